The minimum Gasteiger partial charge on any atom is -0.390 e. The van der Waals surface area contributed by atoms with Crippen LogP contribution in [0, 0.1) is 0 Å². The molecule has 1 atom stereocenters. The SMILES string of the molecule is CN(Cc1ccccc1N1CCCC1)CC(O)CN1CCCC1=O. The van der Waals surface area contributed by atoms with E-state index in [1.807, 2.05) is 7.05 Å². The fraction of sp³-hybridized carbons (Fsp3) is 0.632. The Labute approximate surface area is 144 Å². The van der Waals surface area contributed by atoms with Gasteiger partial charge in [-0.3, -0.25) is 9.69 Å². The molecule has 2 saturated heterocycles. The van der Waals surface area contributed by atoms with Crippen molar-refractivity contribution in [2.24, 2.45) is 0 Å². The molecule has 2 aliphatic rings. The Hall–Kier alpha value is -1.59. The van der Waals surface area contributed by atoms with Gasteiger partial charge in [-0.15, -0.1) is 0 Å². The number of hydrogen-bond donors (Lipinski definition) is 1. The van der Waals surface area contributed by atoms with Gasteiger partial charge in [-0.05, 0) is 37.9 Å². The first-order valence-corrected chi connectivity index (χ1v) is 9.11. The van der Waals surface area contributed by atoms with E-state index in [9.17, 15) is 9.90 Å². The average Bonchev–Trinajstić information content (AvgIpc) is 3.20. The van der Waals surface area contributed by atoms with Crippen LogP contribution in [-0.2, 0) is 11.3 Å². The van der Waals surface area contributed by atoms with Gasteiger partial charge < -0.3 is 14.9 Å². The zero-order valence-electron chi connectivity index (χ0n) is 14.7. The smallest absolute Gasteiger partial charge is 0.222 e. The van der Waals surface area contributed by atoms with Crippen molar-refractivity contribution in [2.75, 3.05) is 44.7 Å². The third kappa shape index (κ3) is 4.28. The first-order chi connectivity index (χ1) is 11.6. The van der Waals surface area contributed by atoms with Gasteiger partial charge in [-0.25, -0.2) is 0 Å². The molecule has 0 spiro atoms. The predicted octanol–water partition coefficient (Wildman–Crippen LogP) is 1.70. The lowest BCUT2D eigenvalue weighted by Crippen LogP contribution is -2.39. The number of likely N-dealkylation sites (tertiary alicyclic amines) is 1. The second kappa shape index (κ2) is 7.99. The van der Waals surface area contributed by atoms with E-state index in [4.69, 9.17) is 0 Å². The van der Waals surface area contributed by atoms with Crippen LogP contribution in [0.25, 0.3) is 0 Å². The van der Waals surface area contributed by atoms with Gasteiger partial charge in [0.05, 0.1) is 6.10 Å². The lowest BCUT2D eigenvalue weighted by atomic mass is 10.1. The monoisotopic (exact) mass is 331 g/mol. The molecule has 1 N–H and O–H groups in total. The van der Waals surface area contributed by atoms with E-state index in [1.165, 1.54) is 24.1 Å². The average molecular weight is 331 g/mol. The first kappa shape index (κ1) is 17.2. The molecule has 0 aromatic heterocycles. The molecule has 5 heteroatoms. The van der Waals surface area contributed by atoms with Crippen LogP contribution < -0.4 is 4.90 Å². The van der Waals surface area contributed by atoms with Crippen LogP contribution in [-0.4, -0.2) is 66.7 Å². The molecule has 5 nitrogen and oxygen atoms in total. The van der Waals surface area contributed by atoms with Crippen molar-refractivity contribution in [1.82, 2.24) is 9.80 Å². The summed E-state index contributed by atoms with van der Waals surface area (Å²) in [6.45, 7) is 4.92. The number of aliphatic hydroxyl groups excluding tert-OH is 1. The van der Waals surface area contributed by atoms with Crippen molar-refractivity contribution in [1.29, 1.82) is 0 Å². The number of carbonyl (C=O) groups excluding carboxylic acids is 1. The van der Waals surface area contributed by atoms with Crippen LogP contribution in [0.4, 0.5) is 5.69 Å². The number of nitrogens with zero attached hydrogens (tertiary/aromatic N) is 3. The van der Waals surface area contributed by atoms with Gasteiger partial charge in [-0.2, -0.15) is 0 Å². The molecule has 0 bridgehead atoms. The molecule has 3 rings (SSSR count). The van der Waals surface area contributed by atoms with Gasteiger partial charge in [0.15, 0.2) is 0 Å². The molecule has 2 aliphatic heterocycles. The maximum atomic E-state index is 11.7. The van der Waals surface area contributed by atoms with E-state index in [2.05, 4.69) is 34.1 Å². The van der Waals surface area contributed by atoms with Gasteiger partial charge in [0.25, 0.3) is 0 Å². The standard InChI is InChI=1S/C19H29N3O2/c1-20(14-17(23)15-22-12-6-9-19(22)24)13-16-7-2-3-8-18(16)21-10-4-5-11-21/h2-3,7-8,17,23H,4-6,9-15H2,1H3. The largest absolute Gasteiger partial charge is 0.390 e. The number of amides is 1. The zero-order valence-corrected chi connectivity index (χ0v) is 14.7. The van der Waals surface area contributed by atoms with Gasteiger partial charge in [-0.1, -0.05) is 18.2 Å². The molecule has 2 fully saturated rings. The van der Waals surface area contributed by atoms with Crippen molar-refractivity contribution >= 4 is 11.6 Å². The summed E-state index contributed by atoms with van der Waals surface area (Å²) < 4.78 is 0. The Morgan fingerprint density at radius 1 is 1.17 bits per heavy atom. The van der Waals surface area contributed by atoms with E-state index in [0.29, 0.717) is 19.5 Å². The molecule has 0 saturated carbocycles. The maximum Gasteiger partial charge on any atom is 0.222 e. The molecule has 2 heterocycles. The highest BCUT2D eigenvalue weighted by Crippen LogP contribution is 2.25. The van der Waals surface area contributed by atoms with E-state index < -0.39 is 6.10 Å². The lowest BCUT2D eigenvalue weighted by Gasteiger charge is -2.27. The third-order valence-corrected chi connectivity index (χ3v) is 5.00. The Kier molecular flexibility index (Phi) is 5.74. The number of anilines is 1. The number of likely N-dealkylation sites (N-methyl/N-ethyl adjacent to an activating group) is 1. The Bertz CT molecular complexity index is 557. The number of carbonyl (C=O) groups is 1. The highest BCUT2D eigenvalue weighted by molar-refractivity contribution is 5.78. The maximum absolute atomic E-state index is 11.7. The molecular weight excluding hydrogens is 302 g/mol. The molecule has 1 amide bonds. The normalized spacial score (nSPS) is 19.5. The number of benzene rings is 1. The van der Waals surface area contributed by atoms with Crippen LogP contribution in [0.3, 0.4) is 0 Å². The van der Waals surface area contributed by atoms with Gasteiger partial charge >= 0.3 is 0 Å². The number of rotatable bonds is 7. The molecule has 0 radical (unpaired) electrons. The van der Waals surface area contributed by atoms with Crippen molar-refractivity contribution in [2.45, 2.75) is 38.3 Å². The van der Waals surface area contributed by atoms with Crippen molar-refractivity contribution < 1.29 is 9.90 Å². The van der Waals surface area contributed by atoms with Crippen LogP contribution in [0.15, 0.2) is 24.3 Å². The fourth-order valence-corrected chi connectivity index (χ4v) is 3.84. The summed E-state index contributed by atoms with van der Waals surface area (Å²) in [5, 5.41) is 10.3. The molecule has 1 unspecified atom stereocenters. The summed E-state index contributed by atoms with van der Waals surface area (Å²) in [5.74, 6) is 0.177. The molecule has 24 heavy (non-hydrogen) atoms. The summed E-state index contributed by atoms with van der Waals surface area (Å²) in [7, 11) is 2.04. The molecule has 0 aliphatic carbocycles. The van der Waals surface area contributed by atoms with Gasteiger partial charge in [0.2, 0.25) is 5.91 Å². The van der Waals surface area contributed by atoms with E-state index >= 15 is 0 Å². The summed E-state index contributed by atoms with van der Waals surface area (Å²) >= 11 is 0. The predicted molar refractivity (Wildman–Crippen MR) is 96.0 cm³/mol. The Morgan fingerprint density at radius 3 is 2.62 bits per heavy atom. The van der Waals surface area contributed by atoms with Crippen molar-refractivity contribution in [3.05, 3.63) is 29.8 Å². The van der Waals surface area contributed by atoms with Crippen LogP contribution >= 0.6 is 0 Å². The molecule has 1 aromatic carbocycles. The van der Waals surface area contributed by atoms with Crippen LogP contribution in [0.2, 0.25) is 0 Å². The van der Waals surface area contributed by atoms with Gasteiger partial charge in [0, 0.05) is 51.4 Å². The topological polar surface area (TPSA) is 47.0 Å². The Morgan fingerprint density at radius 2 is 1.92 bits per heavy atom. The minimum atomic E-state index is -0.490. The van der Waals surface area contributed by atoms with Crippen molar-refractivity contribution in [3.8, 4) is 0 Å². The molecule has 1 aromatic rings. The van der Waals surface area contributed by atoms with E-state index in [0.717, 1.165) is 32.6 Å². The summed E-state index contributed by atoms with van der Waals surface area (Å²) in [5.41, 5.74) is 2.64. The molecular formula is C19H29N3O2. The number of aliphatic hydroxyl groups is 1. The fourth-order valence-electron chi connectivity index (χ4n) is 3.84. The van der Waals surface area contributed by atoms with E-state index in [1.54, 1.807) is 4.90 Å². The lowest BCUT2D eigenvalue weighted by molar-refractivity contribution is -0.129. The number of hydrogen-bond acceptors (Lipinski definition) is 4. The number of para-hydroxylation sites is 1. The van der Waals surface area contributed by atoms with Gasteiger partial charge in [0.1, 0.15) is 0 Å². The second-order valence-corrected chi connectivity index (χ2v) is 7.12. The minimum absolute atomic E-state index is 0.177. The Balaban J connectivity index is 1.54. The molecule has 132 valence electrons. The quantitative estimate of drug-likeness (QED) is 0.826. The highest BCUT2D eigenvalue weighted by Gasteiger charge is 2.23. The summed E-state index contributed by atoms with van der Waals surface area (Å²) in [6, 6.07) is 8.57. The van der Waals surface area contributed by atoms with Crippen LogP contribution in [0.1, 0.15) is 31.2 Å². The second-order valence-electron chi connectivity index (χ2n) is 7.12. The number of β-amino-alcohol motifs (C(OH)–C–C–N with tert-alkyl or cyclic N) is 1. The summed E-state index contributed by atoms with van der Waals surface area (Å²) in [4.78, 5) is 18.1. The first-order valence-electron chi connectivity index (χ1n) is 9.11. The third-order valence-electron chi connectivity index (χ3n) is 5.00. The highest BCUT2D eigenvalue weighted by atomic mass is 16.3. The zero-order chi connectivity index (χ0) is 16.9. The summed E-state index contributed by atoms with van der Waals surface area (Å²) in [6.07, 6.45) is 3.60. The van der Waals surface area contributed by atoms with Crippen LogP contribution in [0.5, 0.6) is 0 Å². The van der Waals surface area contributed by atoms with Crippen molar-refractivity contribution in [3.63, 3.8) is 0 Å². The van der Waals surface area contributed by atoms with E-state index in [-0.39, 0.29) is 5.91 Å².